The molecule has 0 heteroatoms. The summed E-state index contributed by atoms with van der Waals surface area (Å²) >= 11 is 0. The molecule has 0 fully saturated rings. The summed E-state index contributed by atoms with van der Waals surface area (Å²) in [6.45, 7) is 8.83. The van der Waals surface area contributed by atoms with Crippen molar-refractivity contribution in [2.45, 2.75) is 40.5 Å². The lowest BCUT2D eigenvalue weighted by Crippen LogP contribution is -1.90. The predicted octanol–water partition coefficient (Wildman–Crippen LogP) is 5.10. The molecule has 0 aliphatic carbocycles. The molecule has 0 nitrogen and oxygen atoms in total. The van der Waals surface area contributed by atoms with Crippen LogP contribution in [0.2, 0.25) is 0 Å². The maximum absolute atomic E-state index is 2.31. The highest BCUT2D eigenvalue weighted by Crippen LogP contribution is 2.26. The Morgan fingerprint density at radius 1 is 0.778 bits per heavy atom. The van der Waals surface area contributed by atoms with Gasteiger partial charge in [-0.3, -0.25) is 0 Å². The van der Waals surface area contributed by atoms with E-state index in [-0.39, 0.29) is 0 Å². The summed E-state index contributed by atoms with van der Waals surface area (Å²) in [5.74, 6) is 0. The van der Waals surface area contributed by atoms with Crippen LogP contribution < -0.4 is 0 Å². The highest BCUT2D eigenvalue weighted by molar-refractivity contribution is 5.68. The summed E-state index contributed by atoms with van der Waals surface area (Å²) in [5.41, 5.74) is 8.33. The van der Waals surface area contributed by atoms with E-state index in [4.69, 9.17) is 0 Å². The van der Waals surface area contributed by atoms with Crippen molar-refractivity contribution in [3.8, 4) is 11.1 Å². The summed E-state index contributed by atoms with van der Waals surface area (Å²) in [7, 11) is 0. The Balaban J connectivity index is 2.45. The van der Waals surface area contributed by atoms with Gasteiger partial charge in [0.15, 0.2) is 0 Å². The molecule has 0 atom stereocenters. The van der Waals surface area contributed by atoms with Crippen LogP contribution in [0.15, 0.2) is 36.4 Å². The number of benzene rings is 2. The first-order valence-electron chi connectivity index (χ1n) is 6.85. The molecule has 0 bridgehead atoms. The van der Waals surface area contributed by atoms with Gasteiger partial charge in [0, 0.05) is 0 Å². The zero-order chi connectivity index (χ0) is 13.1. The van der Waals surface area contributed by atoms with E-state index in [2.05, 4.69) is 64.1 Å². The summed E-state index contributed by atoms with van der Waals surface area (Å²) in [6, 6.07) is 13.6. The van der Waals surface area contributed by atoms with Gasteiger partial charge in [0.05, 0.1) is 0 Å². The molecule has 94 valence electrons. The summed E-state index contributed by atoms with van der Waals surface area (Å²) in [4.78, 5) is 0. The van der Waals surface area contributed by atoms with Gasteiger partial charge in [-0.1, -0.05) is 50.2 Å². The second-order valence-corrected chi connectivity index (χ2v) is 5.00. The minimum atomic E-state index is 1.11. The third-order valence-electron chi connectivity index (χ3n) is 3.73. The second kappa shape index (κ2) is 5.39. The molecule has 2 aromatic rings. The molecule has 0 N–H and O–H groups in total. The molecule has 0 spiro atoms. The fraction of sp³-hybridized carbons (Fsp3) is 0.333. The average molecular weight is 238 g/mol. The topological polar surface area (TPSA) is 0 Å². The molecule has 18 heavy (non-hydrogen) atoms. The van der Waals surface area contributed by atoms with Gasteiger partial charge in [-0.25, -0.2) is 0 Å². The molecular weight excluding hydrogens is 216 g/mol. The number of aryl methyl sites for hydroxylation is 4. The van der Waals surface area contributed by atoms with Crippen molar-refractivity contribution in [1.82, 2.24) is 0 Å². The first-order valence-corrected chi connectivity index (χ1v) is 6.85. The largest absolute Gasteiger partial charge is 0.0613 e. The van der Waals surface area contributed by atoms with E-state index in [0.29, 0.717) is 0 Å². The van der Waals surface area contributed by atoms with Crippen LogP contribution in [-0.4, -0.2) is 0 Å². The molecule has 2 aromatic carbocycles. The van der Waals surface area contributed by atoms with Crippen molar-refractivity contribution in [1.29, 1.82) is 0 Å². The molecule has 0 radical (unpaired) electrons. The van der Waals surface area contributed by atoms with Gasteiger partial charge in [0.2, 0.25) is 0 Å². The Bertz CT molecular complexity index is 550. The zero-order valence-electron chi connectivity index (χ0n) is 11.9. The maximum Gasteiger partial charge on any atom is -0.0154 e. The van der Waals surface area contributed by atoms with Crippen LogP contribution in [0.4, 0.5) is 0 Å². The maximum atomic E-state index is 2.31. The fourth-order valence-corrected chi connectivity index (χ4v) is 2.53. The molecule has 2 rings (SSSR count). The van der Waals surface area contributed by atoms with Gasteiger partial charge in [-0.2, -0.15) is 0 Å². The van der Waals surface area contributed by atoms with Gasteiger partial charge in [-0.05, 0) is 60.1 Å². The van der Waals surface area contributed by atoms with Crippen LogP contribution >= 0.6 is 0 Å². The van der Waals surface area contributed by atoms with Crippen molar-refractivity contribution in [3.63, 3.8) is 0 Å². The second-order valence-electron chi connectivity index (χ2n) is 5.00. The van der Waals surface area contributed by atoms with E-state index in [0.717, 1.165) is 12.8 Å². The minimum absolute atomic E-state index is 1.11. The van der Waals surface area contributed by atoms with Gasteiger partial charge in [-0.15, -0.1) is 0 Å². The highest BCUT2D eigenvalue weighted by Gasteiger charge is 2.04. The van der Waals surface area contributed by atoms with E-state index in [1.807, 2.05) is 0 Å². The average Bonchev–Trinajstić information content (AvgIpc) is 2.38. The molecule has 0 aromatic heterocycles. The Kier molecular flexibility index (Phi) is 3.86. The molecule has 0 unspecified atom stereocenters. The van der Waals surface area contributed by atoms with Crippen molar-refractivity contribution in [3.05, 3.63) is 58.7 Å². The Hall–Kier alpha value is -1.56. The number of rotatable bonds is 3. The first-order chi connectivity index (χ1) is 8.65. The fourth-order valence-electron chi connectivity index (χ4n) is 2.53. The highest BCUT2D eigenvalue weighted by atomic mass is 14.1. The molecule has 0 saturated heterocycles. The molecule has 0 aliphatic rings. The first kappa shape index (κ1) is 12.9. The van der Waals surface area contributed by atoms with E-state index in [1.54, 1.807) is 0 Å². The quantitative estimate of drug-likeness (QED) is 0.698. The lowest BCUT2D eigenvalue weighted by Gasteiger charge is -2.11. The Morgan fingerprint density at radius 2 is 1.56 bits per heavy atom. The molecule has 0 aliphatic heterocycles. The van der Waals surface area contributed by atoms with Crippen molar-refractivity contribution in [2.75, 3.05) is 0 Å². The monoisotopic (exact) mass is 238 g/mol. The van der Waals surface area contributed by atoms with E-state index < -0.39 is 0 Å². The van der Waals surface area contributed by atoms with Crippen molar-refractivity contribution in [2.24, 2.45) is 0 Å². The number of hydrogen-bond acceptors (Lipinski definition) is 0. The molecule has 0 saturated carbocycles. The lowest BCUT2D eigenvalue weighted by atomic mass is 9.94. The smallest absolute Gasteiger partial charge is 0.0154 e. The third-order valence-corrected chi connectivity index (χ3v) is 3.73. The molecular formula is C18H22. The van der Waals surface area contributed by atoms with Crippen molar-refractivity contribution >= 4 is 0 Å². The molecule has 0 heterocycles. The summed E-state index contributed by atoms with van der Waals surface area (Å²) < 4.78 is 0. The lowest BCUT2D eigenvalue weighted by molar-refractivity contribution is 1.11. The summed E-state index contributed by atoms with van der Waals surface area (Å²) in [5, 5.41) is 0. The van der Waals surface area contributed by atoms with E-state index in [9.17, 15) is 0 Å². The Labute approximate surface area is 111 Å². The third kappa shape index (κ3) is 2.48. The normalized spacial score (nSPS) is 10.7. The van der Waals surface area contributed by atoms with Crippen LogP contribution in [0.25, 0.3) is 11.1 Å². The van der Waals surface area contributed by atoms with Gasteiger partial charge >= 0.3 is 0 Å². The van der Waals surface area contributed by atoms with Gasteiger partial charge in [0.1, 0.15) is 0 Å². The van der Waals surface area contributed by atoms with E-state index in [1.165, 1.54) is 33.4 Å². The van der Waals surface area contributed by atoms with Crippen LogP contribution in [0.1, 0.15) is 36.1 Å². The minimum Gasteiger partial charge on any atom is -0.0613 e. The molecule has 0 amide bonds. The van der Waals surface area contributed by atoms with Crippen molar-refractivity contribution < 1.29 is 0 Å². The van der Waals surface area contributed by atoms with Gasteiger partial charge < -0.3 is 0 Å². The van der Waals surface area contributed by atoms with Crippen LogP contribution in [-0.2, 0) is 12.8 Å². The van der Waals surface area contributed by atoms with E-state index >= 15 is 0 Å². The summed E-state index contributed by atoms with van der Waals surface area (Å²) in [6.07, 6.45) is 2.22. The van der Waals surface area contributed by atoms with Crippen LogP contribution in [0, 0.1) is 13.8 Å². The van der Waals surface area contributed by atoms with Crippen LogP contribution in [0.5, 0.6) is 0 Å². The predicted molar refractivity (Wildman–Crippen MR) is 80.1 cm³/mol. The zero-order valence-corrected chi connectivity index (χ0v) is 11.9. The van der Waals surface area contributed by atoms with Gasteiger partial charge in [0.25, 0.3) is 0 Å². The Morgan fingerprint density at radius 3 is 2.11 bits per heavy atom. The number of hydrogen-bond donors (Lipinski definition) is 0. The van der Waals surface area contributed by atoms with Crippen LogP contribution in [0.3, 0.4) is 0 Å². The SMILES string of the molecule is CCc1ccc(-c2ccc(CC)c(C)c2)c(C)c1. The standard InChI is InChI=1S/C18H22/c1-5-15-7-10-18(14(4)11-15)17-9-8-16(6-2)13(3)12-17/h7-12H,5-6H2,1-4H3.